The molecule has 1 heterocycles. The van der Waals surface area contributed by atoms with Crippen LogP contribution in [0, 0.1) is 0 Å². The Kier molecular flexibility index (Phi) is 4.51. The topological polar surface area (TPSA) is 61.8 Å². The first-order valence-corrected chi connectivity index (χ1v) is 7.90. The van der Waals surface area contributed by atoms with Gasteiger partial charge in [0.15, 0.2) is 0 Å². The minimum Gasteiger partial charge on any atom is -0.462 e. The smallest absolute Gasteiger partial charge is 0.338 e. The zero-order chi connectivity index (χ0) is 17.1. The van der Waals surface area contributed by atoms with Crippen molar-refractivity contribution in [3.05, 3.63) is 58.7 Å². The third-order valence-electron chi connectivity index (χ3n) is 3.75. The number of benzene rings is 2. The summed E-state index contributed by atoms with van der Waals surface area (Å²) >= 11 is 0. The molecule has 0 amide bonds. The van der Waals surface area contributed by atoms with Crippen molar-refractivity contribution in [1.29, 1.82) is 0 Å². The molecule has 5 nitrogen and oxygen atoms in total. The minimum absolute atomic E-state index is 0.330. The number of hydrogen-bond acceptors (Lipinski definition) is 5. The third kappa shape index (κ3) is 3.11. The summed E-state index contributed by atoms with van der Waals surface area (Å²) in [6.45, 7) is 4.21. The SMILES string of the molecule is CCOC(=O)c1ccc2c(c1)Cc1ccc(C(=O)OCC)cc1O2. The quantitative estimate of drug-likeness (QED) is 0.684. The molecule has 0 fully saturated rings. The molecule has 0 radical (unpaired) electrons. The molecule has 0 unspecified atom stereocenters. The van der Waals surface area contributed by atoms with Gasteiger partial charge in [-0.25, -0.2) is 9.59 Å². The third-order valence-corrected chi connectivity index (χ3v) is 3.75. The van der Waals surface area contributed by atoms with E-state index in [0.717, 1.165) is 11.1 Å². The first-order chi connectivity index (χ1) is 11.6. The Balaban J connectivity index is 1.87. The van der Waals surface area contributed by atoms with Crippen molar-refractivity contribution in [1.82, 2.24) is 0 Å². The second-order valence-corrected chi connectivity index (χ2v) is 5.36. The fourth-order valence-corrected chi connectivity index (χ4v) is 2.62. The van der Waals surface area contributed by atoms with Crippen LogP contribution in [0.2, 0.25) is 0 Å². The Morgan fingerprint density at radius 3 is 2.17 bits per heavy atom. The van der Waals surface area contributed by atoms with Crippen LogP contribution in [0.1, 0.15) is 45.7 Å². The van der Waals surface area contributed by atoms with Gasteiger partial charge in [0.05, 0.1) is 24.3 Å². The summed E-state index contributed by atoms with van der Waals surface area (Å²) in [7, 11) is 0. The van der Waals surface area contributed by atoms with Crippen molar-refractivity contribution in [2.45, 2.75) is 20.3 Å². The van der Waals surface area contributed by atoms with Gasteiger partial charge in [-0.2, -0.15) is 0 Å². The van der Waals surface area contributed by atoms with E-state index in [2.05, 4.69) is 0 Å². The van der Waals surface area contributed by atoms with Crippen LogP contribution in [0.15, 0.2) is 36.4 Å². The lowest BCUT2D eigenvalue weighted by Crippen LogP contribution is -2.10. The maximum atomic E-state index is 11.8. The average Bonchev–Trinajstić information content (AvgIpc) is 2.59. The molecule has 0 aliphatic carbocycles. The molecule has 5 heteroatoms. The van der Waals surface area contributed by atoms with E-state index < -0.39 is 0 Å². The molecule has 0 saturated carbocycles. The molecule has 0 atom stereocenters. The van der Waals surface area contributed by atoms with Gasteiger partial charge in [-0.15, -0.1) is 0 Å². The van der Waals surface area contributed by atoms with Crippen molar-refractivity contribution in [3.8, 4) is 11.5 Å². The van der Waals surface area contributed by atoms with E-state index in [1.807, 2.05) is 6.07 Å². The van der Waals surface area contributed by atoms with E-state index in [-0.39, 0.29) is 11.9 Å². The van der Waals surface area contributed by atoms with E-state index in [9.17, 15) is 9.59 Å². The minimum atomic E-state index is -0.368. The molecular weight excluding hydrogens is 308 g/mol. The van der Waals surface area contributed by atoms with Crippen LogP contribution < -0.4 is 4.74 Å². The van der Waals surface area contributed by atoms with Gasteiger partial charge in [-0.1, -0.05) is 6.07 Å². The number of hydrogen-bond donors (Lipinski definition) is 0. The van der Waals surface area contributed by atoms with Crippen LogP contribution in [0.3, 0.4) is 0 Å². The Hall–Kier alpha value is -2.82. The Labute approximate surface area is 140 Å². The van der Waals surface area contributed by atoms with E-state index >= 15 is 0 Å². The van der Waals surface area contributed by atoms with Crippen molar-refractivity contribution >= 4 is 11.9 Å². The van der Waals surface area contributed by atoms with Gasteiger partial charge in [0.2, 0.25) is 0 Å². The summed E-state index contributed by atoms with van der Waals surface area (Å²) in [5.41, 5.74) is 2.83. The highest BCUT2D eigenvalue weighted by atomic mass is 16.5. The number of carbonyl (C=O) groups excluding carboxylic acids is 2. The normalized spacial score (nSPS) is 11.8. The maximum absolute atomic E-state index is 11.8. The lowest BCUT2D eigenvalue weighted by atomic mass is 9.97. The summed E-state index contributed by atoms with van der Waals surface area (Å²) in [5, 5.41) is 0. The van der Waals surface area contributed by atoms with Gasteiger partial charge in [0.1, 0.15) is 11.5 Å². The van der Waals surface area contributed by atoms with Crippen LogP contribution >= 0.6 is 0 Å². The van der Waals surface area contributed by atoms with Gasteiger partial charge < -0.3 is 14.2 Å². The molecule has 2 aromatic carbocycles. The van der Waals surface area contributed by atoms with Crippen molar-refractivity contribution < 1.29 is 23.8 Å². The lowest BCUT2D eigenvalue weighted by molar-refractivity contribution is 0.0516. The highest BCUT2D eigenvalue weighted by molar-refractivity contribution is 5.91. The van der Waals surface area contributed by atoms with Gasteiger partial charge >= 0.3 is 11.9 Å². The molecule has 2 aromatic rings. The number of ether oxygens (including phenoxy) is 3. The molecule has 1 aliphatic heterocycles. The van der Waals surface area contributed by atoms with E-state index in [0.29, 0.717) is 42.3 Å². The molecule has 124 valence electrons. The predicted octanol–water partition coefficient (Wildman–Crippen LogP) is 3.74. The summed E-state index contributed by atoms with van der Waals surface area (Å²) in [5.74, 6) is 0.601. The van der Waals surface area contributed by atoms with E-state index in [1.54, 1.807) is 44.2 Å². The highest BCUT2D eigenvalue weighted by Gasteiger charge is 2.20. The number of esters is 2. The van der Waals surface area contributed by atoms with Crippen molar-refractivity contribution in [3.63, 3.8) is 0 Å². The zero-order valence-corrected chi connectivity index (χ0v) is 13.6. The van der Waals surface area contributed by atoms with Gasteiger partial charge in [-0.05, 0) is 49.7 Å². The zero-order valence-electron chi connectivity index (χ0n) is 13.6. The van der Waals surface area contributed by atoms with Crippen LogP contribution in [0.5, 0.6) is 11.5 Å². The first kappa shape index (κ1) is 16.1. The van der Waals surface area contributed by atoms with Crippen molar-refractivity contribution in [2.75, 3.05) is 13.2 Å². The van der Waals surface area contributed by atoms with Gasteiger partial charge in [0, 0.05) is 12.0 Å². The van der Waals surface area contributed by atoms with E-state index in [1.165, 1.54) is 0 Å². The molecule has 0 N–H and O–H groups in total. The maximum Gasteiger partial charge on any atom is 0.338 e. The molecule has 0 bridgehead atoms. The Bertz CT molecular complexity index is 727. The van der Waals surface area contributed by atoms with Crippen LogP contribution in [0.25, 0.3) is 0 Å². The number of carbonyl (C=O) groups is 2. The highest BCUT2D eigenvalue weighted by Crippen LogP contribution is 2.37. The van der Waals surface area contributed by atoms with Crippen molar-refractivity contribution in [2.24, 2.45) is 0 Å². The van der Waals surface area contributed by atoms with Crippen LogP contribution in [0.4, 0.5) is 0 Å². The molecular formula is C19H18O5. The van der Waals surface area contributed by atoms with Crippen LogP contribution in [-0.2, 0) is 15.9 Å². The van der Waals surface area contributed by atoms with Crippen LogP contribution in [-0.4, -0.2) is 25.2 Å². The van der Waals surface area contributed by atoms with E-state index in [4.69, 9.17) is 14.2 Å². The summed E-state index contributed by atoms with van der Waals surface area (Å²) in [6, 6.07) is 10.5. The molecule has 0 aromatic heterocycles. The monoisotopic (exact) mass is 326 g/mol. The number of fused-ring (bicyclic) bond motifs is 2. The molecule has 0 saturated heterocycles. The van der Waals surface area contributed by atoms with Gasteiger partial charge in [-0.3, -0.25) is 0 Å². The second kappa shape index (κ2) is 6.74. The Morgan fingerprint density at radius 1 is 0.875 bits per heavy atom. The predicted molar refractivity (Wildman–Crippen MR) is 87.7 cm³/mol. The fraction of sp³-hybridized carbons (Fsp3) is 0.263. The summed E-state index contributed by atoms with van der Waals surface area (Å²) in [4.78, 5) is 23.7. The standard InChI is InChI=1S/C19H18O5/c1-3-22-18(20)13-7-8-16-15(10-13)9-12-5-6-14(11-17(12)24-16)19(21)23-4-2/h5-8,10-11H,3-4,9H2,1-2H3. The largest absolute Gasteiger partial charge is 0.462 e. The fourth-order valence-electron chi connectivity index (χ4n) is 2.62. The first-order valence-electron chi connectivity index (χ1n) is 7.90. The lowest BCUT2D eigenvalue weighted by Gasteiger charge is -2.21. The summed E-state index contributed by atoms with van der Waals surface area (Å²) < 4.78 is 15.9. The second-order valence-electron chi connectivity index (χ2n) is 5.36. The molecule has 24 heavy (non-hydrogen) atoms. The molecule has 1 aliphatic rings. The number of rotatable bonds is 4. The average molecular weight is 326 g/mol. The summed E-state index contributed by atoms with van der Waals surface area (Å²) in [6.07, 6.45) is 0.626. The molecule has 3 rings (SSSR count). The van der Waals surface area contributed by atoms with Gasteiger partial charge in [0.25, 0.3) is 0 Å². The molecule has 0 spiro atoms. The Morgan fingerprint density at radius 2 is 1.50 bits per heavy atom.